The van der Waals surface area contributed by atoms with Crippen molar-refractivity contribution in [3.63, 3.8) is 0 Å². The number of hydrogen-bond donors (Lipinski definition) is 0. The van der Waals surface area contributed by atoms with Crippen molar-refractivity contribution in [1.82, 2.24) is 0 Å². The minimum Gasteiger partial charge on any atom is -0.489 e. The summed E-state index contributed by atoms with van der Waals surface area (Å²) in [6, 6.07) is 8.79. The van der Waals surface area contributed by atoms with E-state index in [1.165, 1.54) is 63.9 Å². The number of rotatable bonds is 19. The van der Waals surface area contributed by atoms with Gasteiger partial charge in [-0.15, -0.1) is 0 Å². The first kappa shape index (κ1) is 38.4. The molecule has 0 saturated carbocycles. The quantitative estimate of drug-likeness (QED) is 0.141. The van der Waals surface area contributed by atoms with Crippen molar-refractivity contribution in [2.45, 2.75) is 145 Å². The Kier molecular flexibility index (Phi) is 15.1. The molecule has 1 heterocycles. The second-order valence-electron chi connectivity index (χ2n) is 14.9. The summed E-state index contributed by atoms with van der Waals surface area (Å²) in [5.41, 5.74) is 4.60. The molecule has 0 N–H and O–H groups in total. The van der Waals surface area contributed by atoms with Gasteiger partial charge < -0.3 is 18.9 Å². The second-order valence-corrected chi connectivity index (χ2v) is 14.9. The van der Waals surface area contributed by atoms with Gasteiger partial charge in [-0.2, -0.15) is 0 Å². The molecule has 0 bridgehead atoms. The SMILES string of the molecule is CC(=O)OCC(COc1c(C)c(C)c2c(c1C)CC[C@@](C)(CCC[C@H](C)CCC[C@H](C)CCCC(C)C)O2)OC(=O)c1ccccc1. The third-order valence-electron chi connectivity index (χ3n) is 10.0. The average molecular weight is 651 g/mol. The first-order chi connectivity index (χ1) is 22.3. The summed E-state index contributed by atoms with van der Waals surface area (Å²) in [5.74, 6) is 3.27. The zero-order valence-electron chi connectivity index (χ0n) is 30.8. The Morgan fingerprint density at radius 1 is 0.830 bits per heavy atom. The molecule has 0 spiro atoms. The summed E-state index contributed by atoms with van der Waals surface area (Å²) in [5, 5.41) is 0. The lowest BCUT2D eigenvalue weighted by Crippen LogP contribution is -2.37. The van der Waals surface area contributed by atoms with E-state index in [9.17, 15) is 9.59 Å². The standard InChI is InChI=1S/C41H62O6/c1-28(2)16-13-17-29(3)18-14-19-30(4)20-15-24-41(9)25-23-37-33(7)38(31(5)32(6)39(37)47-41)45-27-36(26-44-34(8)42)46-40(43)35-21-11-10-12-22-35/h10-12,21-22,28-30,36H,13-20,23-27H2,1-9H3/t29-,30-,36?,41-/m1/s1. The van der Waals surface area contributed by atoms with Crippen LogP contribution in [0.3, 0.4) is 0 Å². The molecular formula is C41H62O6. The predicted octanol–water partition coefficient (Wildman–Crippen LogP) is 10.3. The van der Waals surface area contributed by atoms with Crippen molar-refractivity contribution in [2.75, 3.05) is 13.2 Å². The molecule has 0 amide bonds. The number of esters is 2. The molecule has 262 valence electrons. The highest BCUT2D eigenvalue weighted by atomic mass is 16.6. The van der Waals surface area contributed by atoms with Gasteiger partial charge in [-0.25, -0.2) is 4.79 Å². The topological polar surface area (TPSA) is 71.1 Å². The fraction of sp³-hybridized carbons (Fsp3) is 0.659. The Labute approximate surface area is 285 Å². The number of hydrogen-bond acceptors (Lipinski definition) is 6. The van der Waals surface area contributed by atoms with Crippen LogP contribution < -0.4 is 9.47 Å². The van der Waals surface area contributed by atoms with Gasteiger partial charge in [0.15, 0.2) is 6.10 Å². The Morgan fingerprint density at radius 2 is 1.45 bits per heavy atom. The van der Waals surface area contributed by atoms with Crippen molar-refractivity contribution in [3.05, 3.63) is 58.1 Å². The third kappa shape index (κ3) is 12.2. The van der Waals surface area contributed by atoms with E-state index in [1.807, 2.05) is 6.07 Å². The molecule has 4 atom stereocenters. The van der Waals surface area contributed by atoms with E-state index in [0.29, 0.717) is 5.56 Å². The highest BCUT2D eigenvalue weighted by molar-refractivity contribution is 5.89. The zero-order chi connectivity index (χ0) is 34.6. The maximum Gasteiger partial charge on any atom is 0.338 e. The minimum atomic E-state index is -0.748. The van der Waals surface area contributed by atoms with E-state index in [0.717, 1.165) is 65.2 Å². The smallest absolute Gasteiger partial charge is 0.338 e. The van der Waals surface area contributed by atoms with Crippen LogP contribution in [0.15, 0.2) is 30.3 Å². The number of carbonyl (C=O) groups excluding carboxylic acids is 2. The molecule has 47 heavy (non-hydrogen) atoms. The average Bonchev–Trinajstić information content (AvgIpc) is 3.02. The van der Waals surface area contributed by atoms with E-state index in [4.69, 9.17) is 18.9 Å². The normalized spacial score (nSPS) is 17.7. The Balaban J connectivity index is 1.56. The largest absolute Gasteiger partial charge is 0.489 e. The van der Waals surface area contributed by atoms with Crippen LogP contribution in [0.25, 0.3) is 0 Å². The van der Waals surface area contributed by atoms with Crippen LogP contribution in [0.4, 0.5) is 0 Å². The molecule has 2 aromatic carbocycles. The number of carbonyl (C=O) groups is 2. The fourth-order valence-corrected chi connectivity index (χ4v) is 6.77. The van der Waals surface area contributed by atoms with Gasteiger partial charge in [-0.05, 0) is 100.0 Å². The summed E-state index contributed by atoms with van der Waals surface area (Å²) in [4.78, 5) is 24.3. The zero-order valence-corrected chi connectivity index (χ0v) is 30.8. The molecule has 0 radical (unpaired) electrons. The second kappa shape index (κ2) is 18.5. The van der Waals surface area contributed by atoms with Crippen molar-refractivity contribution in [1.29, 1.82) is 0 Å². The van der Waals surface area contributed by atoms with Crippen LogP contribution in [-0.2, 0) is 20.7 Å². The number of ether oxygens (including phenoxy) is 4. The third-order valence-corrected chi connectivity index (χ3v) is 10.0. The predicted molar refractivity (Wildman–Crippen MR) is 190 cm³/mol. The molecule has 6 heteroatoms. The van der Waals surface area contributed by atoms with E-state index >= 15 is 0 Å². The maximum absolute atomic E-state index is 12.7. The summed E-state index contributed by atoms with van der Waals surface area (Å²) in [7, 11) is 0. The summed E-state index contributed by atoms with van der Waals surface area (Å²) in [6.45, 7) is 19.3. The number of benzene rings is 2. The van der Waals surface area contributed by atoms with Gasteiger partial charge >= 0.3 is 11.9 Å². The van der Waals surface area contributed by atoms with Crippen molar-refractivity contribution >= 4 is 11.9 Å². The summed E-state index contributed by atoms with van der Waals surface area (Å²) < 4.78 is 24.1. The van der Waals surface area contributed by atoms with Crippen LogP contribution >= 0.6 is 0 Å². The van der Waals surface area contributed by atoms with Gasteiger partial charge in [0.2, 0.25) is 0 Å². The molecule has 2 aromatic rings. The van der Waals surface area contributed by atoms with Crippen LogP contribution in [0.1, 0.15) is 138 Å². The Morgan fingerprint density at radius 3 is 2.06 bits per heavy atom. The van der Waals surface area contributed by atoms with E-state index < -0.39 is 18.0 Å². The molecule has 0 saturated heterocycles. The van der Waals surface area contributed by atoms with Crippen LogP contribution in [0.5, 0.6) is 11.5 Å². The minimum absolute atomic E-state index is 0.0690. The summed E-state index contributed by atoms with van der Waals surface area (Å²) in [6.07, 6.45) is 12.8. The Bertz CT molecular complexity index is 1280. The van der Waals surface area contributed by atoms with E-state index in [1.54, 1.807) is 24.3 Å². The van der Waals surface area contributed by atoms with Crippen LogP contribution in [0.2, 0.25) is 0 Å². The Hall–Kier alpha value is -3.02. The van der Waals surface area contributed by atoms with Gasteiger partial charge in [0.05, 0.1) is 5.56 Å². The monoisotopic (exact) mass is 650 g/mol. The molecule has 1 aliphatic heterocycles. The molecule has 1 aliphatic rings. The molecule has 0 fully saturated rings. The molecule has 3 rings (SSSR count). The molecule has 0 aromatic heterocycles. The first-order valence-electron chi connectivity index (χ1n) is 18.1. The van der Waals surface area contributed by atoms with E-state index in [2.05, 4.69) is 55.4 Å². The van der Waals surface area contributed by atoms with Crippen LogP contribution in [-0.4, -0.2) is 36.9 Å². The van der Waals surface area contributed by atoms with Crippen molar-refractivity contribution < 1.29 is 28.5 Å². The lowest BCUT2D eigenvalue weighted by molar-refractivity contribution is -0.144. The first-order valence-corrected chi connectivity index (χ1v) is 18.1. The molecule has 0 aliphatic carbocycles. The molecule has 6 nitrogen and oxygen atoms in total. The van der Waals surface area contributed by atoms with Gasteiger partial charge in [-0.1, -0.05) is 90.8 Å². The fourth-order valence-electron chi connectivity index (χ4n) is 6.77. The summed E-state index contributed by atoms with van der Waals surface area (Å²) >= 11 is 0. The van der Waals surface area contributed by atoms with Gasteiger partial charge in [0.1, 0.15) is 30.3 Å². The van der Waals surface area contributed by atoms with E-state index in [-0.39, 0.29) is 18.8 Å². The highest BCUT2D eigenvalue weighted by Gasteiger charge is 2.35. The van der Waals surface area contributed by atoms with Crippen molar-refractivity contribution in [3.8, 4) is 11.5 Å². The van der Waals surface area contributed by atoms with Gasteiger partial charge in [-0.3, -0.25) is 4.79 Å². The lowest BCUT2D eigenvalue weighted by atomic mass is 9.83. The van der Waals surface area contributed by atoms with Crippen LogP contribution in [0, 0.1) is 38.5 Å². The van der Waals surface area contributed by atoms with Crippen molar-refractivity contribution in [2.24, 2.45) is 17.8 Å². The maximum atomic E-state index is 12.7. The lowest BCUT2D eigenvalue weighted by Gasteiger charge is -2.38. The highest BCUT2D eigenvalue weighted by Crippen LogP contribution is 2.45. The van der Waals surface area contributed by atoms with Gasteiger partial charge in [0.25, 0.3) is 0 Å². The van der Waals surface area contributed by atoms with Gasteiger partial charge in [0, 0.05) is 12.5 Å². The molecule has 1 unspecified atom stereocenters. The number of fused-ring (bicyclic) bond motifs is 1. The molecular weight excluding hydrogens is 588 g/mol.